The number of cyclic esters (lactones) is 1. The average molecular weight is 535 g/mol. The molecular formula is C25H29F3N6O4. The number of nitrogens with one attached hydrogen (secondary N) is 2. The van der Waals surface area contributed by atoms with Gasteiger partial charge in [0.1, 0.15) is 11.9 Å². The number of benzene rings is 1. The third kappa shape index (κ3) is 6.98. The number of amides is 2. The summed E-state index contributed by atoms with van der Waals surface area (Å²) in [6, 6.07) is 8.08. The standard InChI is InChI=1S/C25H29F3N6O4/c26-20-13-18(33-16-19(38-25(33)37)2-4-22(35)24(27)28)1-3-21(20)32-10-9-31-34(12-11-32)23(36)15-30-14-17-5-7-29-8-6-17/h1,3,5-8,13,19,24,30-31H,2,4,9-12,14-16H2/t19-/m0/s1. The number of carbonyl (C=O) groups excluding carboxylic acids is 3. The van der Waals surface area contributed by atoms with Crippen molar-refractivity contribution in [2.24, 2.45) is 0 Å². The fourth-order valence-electron chi connectivity index (χ4n) is 4.31. The molecule has 0 aliphatic carbocycles. The van der Waals surface area contributed by atoms with Crippen LogP contribution in [0.5, 0.6) is 0 Å². The molecule has 38 heavy (non-hydrogen) atoms. The van der Waals surface area contributed by atoms with Crippen LogP contribution in [-0.2, 0) is 20.9 Å². The summed E-state index contributed by atoms with van der Waals surface area (Å²) in [5, 5.41) is 4.62. The van der Waals surface area contributed by atoms with Gasteiger partial charge < -0.3 is 15.0 Å². The van der Waals surface area contributed by atoms with Crippen LogP contribution in [0.15, 0.2) is 42.7 Å². The number of hydrogen-bond donors (Lipinski definition) is 2. The van der Waals surface area contributed by atoms with Crippen LogP contribution in [0.1, 0.15) is 18.4 Å². The zero-order valence-electron chi connectivity index (χ0n) is 20.6. The summed E-state index contributed by atoms with van der Waals surface area (Å²) in [6.07, 6.45) is -1.57. The Morgan fingerprint density at radius 3 is 2.68 bits per heavy atom. The molecule has 0 saturated carbocycles. The number of ketones is 1. The number of Topliss-reactive ketones (excluding diaryl/α,β-unsaturated/α-hetero) is 1. The topological polar surface area (TPSA) is 107 Å². The number of halogens is 3. The third-order valence-electron chi connectivity index (χ3n) is 6.35. The van der Waals surface area contributed by atoms with E-state index in [1.54, 1.807) is 24.5 Å². The molecule has 204 valence electrons. The highest BCUT2D eigenvalue weighted by Gasteiger charge is 2.33. The van der Waals surface area contributed by atoms with E-state index in [2.05, 4.69) is 15.7 Å². The second-order valence-electron chi connectivity index (χ2n) is 8.96. The molecule has 1 atom stereocenters. The fraction of sp³-hybridized carbons (Fsp3) is 0.440. The molecule has 3 heterocycles. The largest absolute Gasteiger partial charge is 0.444 e. The second-order valence-corrected chi connectivity index (χ2v) is 8.96. The van der Waals surface area contributed by atoms with Gasteiger partial charge in [0.15, 0.2) is 5.78 Å². The van der Waals surface area contributed by atoms with Gasteiger partial charge in [0, 0.05) is 45.0 Å². The van der Waals surface area contributed by atoms with Crippen molar-refractivity contribution in [2.45, 2.75) is 31.9 Å². The number of nitrogens with zero attached hydrogens (tertiary/aromatic N) is 4. The quantitative estimate of drug-likeness (QED) is 0.478. The van der Waals surface area contributed by atoms with Crippen LogP contribution in [0.4, 0.5) is 29.3 Å². The van der Waals surface area contributed by atoms with E-state index in [9.17, 15) is 23.2 Å². The molecular weight excluding hydrogens is 505 g/mol. The molecule has 4 rings (SSSR count). The third-order valence-corrected chi connectivity index (χ3v) is 6.35. The molecule has 2 aliphatic rings. The average Bonchev–Trinajstić information content (AvgIpc) is 3.11. The van der Waals surface area contributed by atoms with Gasteiger partial charge in [-0.2, -0.15) is 0 Å². The van der Waals surface area contributed by atoms with Gasteiger partial charge in [0.05, 0.1) is 31.0 Å². The van der Waals surface area contributed by atoms with E-state index >= 15 is 4.39 Å². The monoisotopic (exact) mass is 534 g/mol. The lowest BCUT2D eigenvalue weighted by Gasteiger charge is -2.24. The summed E-state index contributed by atoms with van der Waals surface area (Å²) in [4.78, 5) is 43.0. The first-order chi connectivity index (χ1) is 18.3. The maximum atomic E-state index is 15.1. The Kier molecular flexibility index (Phi) is 9.13. The SMILES string of the molecule is O=C(CC[C@H]1CN(c2ccc(N3CCNN(C(=O)CNCc4ccncc4)CC3)c(F)c2)C(=O)O1)C(F)F. The van der Waals surface area contributed by atoms with Crippen LogP contribution >= 0.6 is 0 Å². The molecule has 2 fully saturated rings. The van der Waals surface area contributed by atoms with E-state index in [4.69, 9.17) is 4.74 Å². The van der Waals surface area contributed by atoms with Crippen LogP contribution in [0.3, 0.4) is 0 Å². The van der Waals surface area contributed by atoms with Crippen molar-refractivity contribution in [3.63, 3.8) is 0 Å². The molecule has 1 aromatic carbocycles. The number of hydrogen-bond acceptors (Lipinski definition) is 8. The maximum absolute atomic E-state index is 15.1. The Balaban J connectivity index is 1.29. The first kappa shape index (κ1) is 27.3. The van der Waals surface area contributed by atoms with Crippen molar-refractivity contribution in [1.82, 2.24) is 20.7 Å². The smallest absolute Gasteiger partial charge is 0.414 e. The van der Waals surface area contributed by atoms with Crippen LogP contribution in [-0.4, -0.2) is 79.6 Å². The highest BCUT2D eigenvalue weighted by Crippen LogP contribution is 2.29. The number of carbonyl (C=O) groups is 3. The number of ether oxygens (including phenoxy) is 1. The van der Waals surface area contributed by atoms with Crippen molar-refractivity contribution in [3.8, 4) is 0 Å². The summed E-state index contributed by atoms with van der Waals surface area (Å²) in [7, 11) is 0. The van der Waals surface area contributed by atoms with Crippen molar-refractivity contribution in [2.75, 3.05) is 49.1 Å². The van der Waals surface area contributed by atoms with Crippen molar-refractivity contribution < 1.29 is 32.3 Å². The molecule has 2 N–H and O–H groups in total. The number of anilines is 2. The van der Waals surface area contributed by atoms with Crippen molar-refractivity contribution >= 4 is 29.2 Å². The van der Waals surface area contributed by atoms with Crippen LogP contribution in [0.25, 0.3) is 0 Å². The Bertz CT molecular complexity index is 1140. The molecule has 0 radical (unpaired) electrons. The zero-order chi connectivity index (χ0) is 27.1. The molecule has 13 heteroatoms. The first-order valence-electron chi connectivity index (χ1n) is 12.3. The first-order valence-corrected chi connectivity index (χ1v) is 12.3. The number of hydrazine groups is 1. The number of rotatable bonds is 10. The minimum atomic E-state index is -3.06. The zero-order valence-corrected chi connectivity index (χ0v) is 20.6. The second kappa shape index (κ2) is 12.7. The summed E-state index contributed by atoms with van der Waals surface area (Å²) < 4.78 is 45.1. The fourth-order valence-corrected chi connectivity index (χ4v) is 4.31. The lowest BCUT2D eigenvalue weighted by atomic mass is 10.1. The van der Waals surface area contributed by atoms with Crippen LogP contribution in [0.2, 0.25) is 0 Å². The highest BCUT2D eigenvalue weighted by atomic mass is 19.3. The minimum absolute atomic E-state index is 0.0266. The Morgan fingerprint density at radius 1 is 1.16 bits per heavy atom. The summed E-state index contributed by atoms with van der Waals surface area (Å²) >= 11 is 0. The predicted molar refractivity (Wildman–Crippen MR) is 132 cm³/mol. The van der Waals surface area contributed by atoms with Crippen molar-refractivity contribution in [1.29, 1.82) is 0 Å². The van der Waals surface area contributed by atoms with Gasteiger partial charge in [-0.25, -0.2) is 23.4 Å². The Hall–Kier alpha value is -3.71. The molecule has 0 bridgehead atoms. The number of alkyl halides is 2. The number of aromatic nitrogens is 1. The highest BCUT2D eigenvalue weighted by molar-refractivity contribution is 5.90. The molecule has 1 aromatic heterocycles. The minimum Gasteiger partial charge on any atom is -0.444 e. The van der Waals surface area contributed by atoms with Gasteiger partial charge in [-0.15, -0.1) is 0 Å². The molecule has 2 aromatic rings. The lowest BCUT2D eigenvalue weighted by molar-refractivity contribution is -0.133. The normalized spacial score (nSPS) is 18.1. The lowest BCUT2D eigenvalue weighted by Crippen LogP contribution is -2.47. The van der Waals surface area contributed by atoms with Gasteiger partial charge in [-0.3, -0.25) is 24.5 Å². The van der Waals surface area contributed by atoms with E-state index in [0.717, 1.165) is 5.56 Å². The molecule has 10 nitrogen and oxygen atoms in total. The molecule has 0 spiro atoms. The molecule has 2 amide bonds. The Morgan fingerprint density at radius 2 is 1.95 bits per heavy atom. The summed E-state index contributed by atoms with van der Waals surface area (Å²) in [5.41, 5.74) is 4.68. The van der Waals surface area contributed by atoms with E-state index in [0.29, 0.717) is 38.4 Å². The van der Waals surface area contributed by atoms with Gasteiger partial charge in [0.25, 0.3) is 12.3 Å². The van der Waals surface area contributed by atoms with Gasteiger partial charge in [-0.1, -0.05) is 0 Å². The van der Waals surface area contributed by atoms with E-state index in [1.165, 1.54) is 16.0 Å². The predicted octanol–water partition coefficient (Wildman–Crippen LogP) is 2.10. The maximum Gasteiger partial charge on any atom is 0.414 e. The summed E-state index contributed by atoms with van der Waals surface area (Å²) in [5.74, 6) is -1.89. The van der Waals surface area contributed by atoms with E-state index < -0.39 is 36.6 Å². The Labute approximate surface area is 217 Å². The van der Waals surface area contributed by atoms with Gasteiger partial charge in [0.2, 0.25) is 0 Å². The van der Waals surface area contributed by atoms with Gasteiger partial charge in [-0.05, 0) is 42.3 Å². The van der Waals surface area contributed by atoms with Gasteiger partial charge >= 0.3 is 6.09 Å². The van der Waals surface area contributed by atoms with Crippen molar-refractivity contribution in [3.05, 3.63) is 54.1 Å². The summed E-state index contributed by atoms with van der Waals surface area (Å²) in [6.45, 7) is 2.32. The number of pyridine rings is 1. The molecule has 2 aliphatic heterocycles. The van der Waals surface area contributed by atoms with Crippen LogP contribution in [0, 0.1) is 5.82 Å². The molecule has 0 unspecified atom stereocenters. The van der Waals surface area contributed by atoms with E-state index in [-0.39, 0.29) is 31.1 Å². The van der Waals surface area contributed by atoms with Crippen LogP contribution < -0.4 is 20.5 Å². The van der Waals surface area contributed by atoms with E-state index in [1.807, 2.05) is 17.0 Å². The molecule has 2 saturated heterocycles.